The van der Waals surface area contributed by atoms with Crippen molar-refractivity contribution in [1.29, 1.82) is 0 Å². The van der Waals surface area contributed by atoms with E-state index in [1.807, 2.05) is 0 Å². The van der Waals surface area contributed by atoms with Crippen LogP contribution in [0.3, 0.4) is 0 Å². The number of rotatable bonds is 0. The molecule has 0 fully saturated rings. The number of para-hydroxylation sites is 1. The highest BCUT2D eigenvalue weighted by atomic mass is 32.2. The smallest absolute Gasteiger partial charge is 0.223 e. The summed E-state index contributed by atoms with van der Waals surface area (Å²) in [6.07, 6.45) is 0. The van der Waals surface area contributed by atoms with E-state index in [0.717, 1.165) is 0 Å². The van der Waals surface area contributed by atoms with Crippen LogP contribution < -0.4 is 0 Å². The van der Waals surface area contributed by atoms with Crippen molar-refractivity contribution in [2.24, 2.45) is 0 Å². The average Bonchev–Trinajstić information content (AvgIpc) is 2.49. The van der Waals surface area contributed by atoms with Gasteiger partial charge in [-0.05, 0) is 12.1 Å². The van der Waals surface area contributed by atoms with Crippen LogP contribution in [-0.4, -0.2) is 18.8 Å². The number of fused-ring (bicyclic) bond motifs is 1. The molecule has 0 aromatic heterocycles. The molecule has 0 amide bonds. The topological polar surface area (TPSA) is 76.0 Å². The number of benzene rings is 1. The minimum atomic E-state index is -2.27. The Bertz CT molecular complexity index is 528. The predicted octanol–water partition coefficient (Wildman–Crippen LogP) is 0.519. The molecule has 1 N–H and O–H groups in total. The fourth-order valence-electron chi connectivity index (χ4n) is 0.947. The maximum Gasteiger partial charge on any atom is 0.223 e. The number of H-pyrrole nitrogens is 1. The third-order valence-electron chi connectivity index (χ3n) is 1.45. The third-order valence-corrected chi connectivity index (χ3v) is 2.14. The van der Waals surface area contributed by atoms with E-state index < -0.39 is 10.3 Å². The Morgan fingerprint density at radius 2 is 2.25 bits per heavy atom. The van der Waals surface area contributed by atoms with E-state index >= 15 is 0 Å². The van der Waals surface area contributed by atoms with Crippen molar-refractivity contribution in [1.82, 2.24) is 10.4 Å². The summed E-state index contributed by atoms with van der Waals surface area (Å²) in [4.78, 5) is 0. The van der Waals surface area contributed by atoms with Crippen molar-refractivity contribution >= 4 is 10.3 Å². The molecule has 0 spiro atoms. The Morgan fingerprint density at radius 3 is 3.00 bits per heavy atom. The molecule has 1 aliphatic heterocycles. The van der Waals surface area contributed by atoms with E-state index in [1.165, 1.54) is 6.07 Å². The molecule has 12 heavy (non-hydrogen) atoms. The molecule has 5 nitrogen and oxygen atoms in total. The first-order chi connectivity index (χ1) is 5.79. The molecule has 6 heteroatoms. The van der Waals surface area contributed by atoms with E-state index in [2.05, 4.69) is 10.4 Å². The lowest BCUT2D eigenvalue weighted by atomic mass is 10.2. The van der Waals surface area contributed by atoms with Crippen LogP contribution in [0.5, 0.6) is 0 Å². The average molecular weight is 184 g/mol. The lowest BCUT2D eigenvalue weighted by molar-refractivity contribution is 0.407. The minimum Gasteiger partial charge on any atom is -0.363 e. The largest absolute Gasteiger partial charge is 0.363 e. The van der Waals surface area contributed by atoms with E-state index in [4.69, 9.17) is 4.52 Å². The van der Waals surface area contributed by atoms with E-state index in [0.29, 0.717) is 11.5 Å². The summed E-state index contributed by atoms with van der Waals surface area (Å²) >= 11 is 0. The standard InChI is InChI=1S/C6H4N2O3S/c9-12(10)5-3-1-2-4-6(5)7-8-11-4/h1-3,8H. The van der Waals surface area contributed by atoms with Gasteiger partial charge in [-0.3, -0.25) is 0 Å². The van der Waals surface area contributed by atoms with Gasteiger partial charge < -0.3 is 4.52 Å². The van der Waals surface area contributed by atoms with Crippen molar-refractivity contribution in [2.45, 2.75) is 0 Å². The lowest BCUT2D eigenvalue weighted by Crippen LogP contribution is -1.80. The number of aromatic nitrogens is 2. The Labute approximate surface area is 68.5 Å². The van der Waals surface area contributed by atoms with Gasteiger partial charge in [0.1, 0.15) is 4.51 Å². The first kappa shape index (κ1) is 7.11. The van der Waals surface area contributed by atoms with Gasteiger partial charge >= 0.3 is 0 Å². The molecule has 0 saturated carbocycles. The van der Waals surface area contributed by atoms with Crippen LogP contribution in [0.25, 0.3) is 11.5 Å². The molecule has 62 valence electrons. The van der Waals surface area contributed by atoms with Gasteiger partial charge in [0.15, 0.2) is 11.5 Å². The fraction of sp³-hybridized carbons (Fsp3) is 0. The summed E-state index contributed by atoms with van der Waals surface area (Å²) < 4.78 is 26.2. The molecule has 0 aromatic carbocycles. The molecule has 0 unspecified atom stereocenters. The van der Waals surface area contributed by atoms with Gasteiger partial charge in [0, 0.05) is 0 Å². The van der Waals surface area contributed by atoms with Crippen LogP contribution >= 0.6 is 0 Å². The second kappa shape index (κ2) is 2.49. The Hall–Kier alpha value is -1.56. The molecule has 2 aliphatic rings. The molecule has 1 heterocycles. The van der Waals surface area contributed by atoms with Crippen LogP contribution in [0.1, 0.15) is 0 Å². The zero-order valence-corrected chi connectivity index (χ0v) is 6.63. The third kappa shape index (κ3) is 0.928. The quantitative estimate of drug-likeness (QED) is 0.605. The van der Waals surface area contributed by atoms with Gasteiger partial charge in [-0.25, -0.2) is 0 Å². The highest BCUT2D eigenvalue weighted by molar-refractivity contribution is 7.64. The summed E-state index contributed by atoms with van der Waals surface area (Å²) in [5.74, 6) is 0.428. The molecule has 0 atom stereocenters. The molecule has 1 aliphatic carbocycles. The Kier molecular flexibility index (Phi) is 1.47. The molecule has 0 radical (unpaired) electrons. The first-order valence-corrected chi connectivity index (χ1v) is 4.21. The fourth-order valence-corrected chi connectivity index (χ4v) is 1.44. The number of nitrogens with zero attached hydrogens (tertiary/aromatic N) is 1. The van der Waals surface area contributed by atoms with E-state index in [9.17, 15) is 8.42 Å². The summed E-state index contributed by atoms with van der Waals surface area (Å²) in [7, 11) is -2.27. The second-order valence-corrected chi connectivity index (χ2v) is 3.05. The molecular formula is C6H4N2O3S. The van der Waals surface area contributed by atoms with Crippen molar-refractivity contribution < 1.29 is 12.9 Å². The van der Waals surface area contributed by atoms with Gasteiger partial charge in [0.2, 0.25) is 10.3 Å². The molecule has 0 aromatic rings. The van der Waals surface area contributed by atoms with Gasteiger partial charge in [0.25, 0.3) is 0 Å². The van der Waals surface area contributed by atoms with Gasteiger partial charge in [-0.2, -0.15) is 8.42 Å². The number of hydrogen-bond donors (Lipinski definition) is 1. The van der Waals surface area contributed by atoms with Crippen molar-refractivity contribution in [3.63, 3.8) is 0 Å². The summed E-state index contributed by atoms with van der Waals surface area (Å²) in [6, 6.07) is 4.68. The summed E-state index contributed by atoms with van der Waals surface area (Å²) in [5.41, 5.74) is 0.325. The first-order valence-electron chi connectivity index (χ1n) is 3.14. The number of hydrogen-bond acceptors (Lipinski definition) is 4. The van der Waals surface area contributed by atoms with Crippen LogP contribution in [0.2, 0.25) is 0 Å². The Morgan fingerprint density at radius 1 is 1.42 bits per heavy atom. The van der Waals surface area contributed by atoms with Crippen molar-refractivity contribution in [3.05, 3.63) is 22.7 Å². The lowest BCUT2D eigenvalue weighted by Gasteiger charge is -1.86. The van der Waals surface area contributed by atoms with Gasteiger partial charge in [-0.1, -0.05) is 6.07 Å². The van der Waals surface area contributed by atoms with Crippen molar-refractivity contribution in [2.75, 3.05) is 0 Å². The SMILES string of the molecule is O=S(=O)=c1cccc2o[nH]nc1-2. The monoisotopic (exact) mass is 184 g/mol. The maximum absolute atomic E-state index is 10.6. The highest BCUT2D eigenvalue weighted by Crippen LogP contribution is 2.17. The van der Waals surface area contributed by atoms with Crippen LogP contribution in [0.15, 0.2) is 22.7 Å². The van der Waals surface area contributed by atoms with Crippen LogP contribution in [-0.2, 0) is 10.3 Å². The number of nitrogens with one attached hydrogen (secondary N) is 1. The zero-order valence-electron chi connectivity index (χ0n) is 5.81. The Balaban J connectivity index is 3.10. The normalized spacial score (nSPS) is 10.3. The van der Waals surface area contributed by atoms with Crippen LogP contribution in [0.4, 0.5) is 0 Å². The van der Waals surface area contributed by atoms with Crippen molar-refractivity contribution in [3.8, 4) is 11.5 Å². The molecule has 0 bridgehead atoms. The van der Waals surface area contributed by atoms with Crippen LogP contribution in [0, 0.1) is 4.51 Å². The maximum atomic E-state index is 10.6. The summed E-state index contributed by atoms with van der Waals surface area (Å²) in [5, 5.41) is 5.89. The number of aromatic amines is 1. The minimum absolute atomic E-state index is 0.137. The molecule has 2 rings (SSSR count). The van der Waals surface area contributed by atoms with E-state index in [1.54, 1.807) is 12.1 Å². The second-order valence-electron chi connectivity index (χ2n) is 2.14. The molecular weight excluding hydrogens is 180 g/mol. The van der Waals surface area contributed by atoms with Gasteiger partial charge in [-0.15, -0.1) is 10.4 Å². The van der Waals surface area contributed by atoms with E-state index in [-0.39, 0.29) is 4.51 Å². The highest BCUT2D eigenvalue weighted by Gasteiger charge is 2.08. The van der Waals surface area contributed by atoms with Gasteiger partial charge in [0.05, 0.1) is 0 Å². The summed E-state index contributed by atoms with van der Waals surface area (Å²) in [6.45, 7) is 0. The zero-order chi connectivity index (χ0) is 8.55. The molecule has 0 saturated heterocycles. The predicted molar refractivity (Wildman–Crippen MR) is 39.6 cm³/mol.